The summed E-state index contributed by atoms with van der Waals surface area (Å²) in [4.78, 5) is 12.6. The average Bonchev–Trinajstić information content (AvgIpc) is 2.74. The lowest BCUT2D eigenvalue weighted by Crippen LogP contribution is -2.26. The van der Waals surface area contributed by atoms with Crippen molar-refractivity contribution in [1.29, 1.82) is 0 Å². The fourth-order valence-corrected chi connectivity index (χ4v) is 3.26. The van der Waals surface area contributed by atoms with Crippen LogP contribution >= 0.6 is 27.5 Å². The Morgan fingerprint density at radius 2 is 2.16 bits per heavy atom. The van der Waals surface area contributed by atoms with Gasteiger partial charge in [0, 0.05) is 25.2 Å². The van der Waals surface area contributed by atoms with Gasteiger partial charge in [-0.25, -0.2) is 0 Å². The maximum atomic E-state index is 12.6. The van der Waals surface area contributed by atoms with E-state index in [1.54, 1.807) is 16.7 Å². The topological polar surface area (TPSA) is 34.0 Å². The van der Waals surface area contributed by atoms with Gasteiger partial charge in [-0.2, -0.15) is 0 Å². The quantitative estimate of drug-likeness (QED) is 0.865. The van der Waals surface area contributed by atoms with Crippen LogP contribution in [-0.4, -0.2) is 17.0 Å². The molecule has 1 aromatic heterocycles. The molecule has 98 valence electrons. The maximum Gasteiger partial charge on any atom is 0.264 e. The van der Waals surface area contributed by atoms with Gasteiger partial charge in [0.05, 0.1) is 15.2 Å². The van der Waals surface area contributed by atoms with Gasteiger partial charge in [-0.1, -0.05) is 23.7 Å². The van der Waals surface area contributed by atoms with Crippen molar-refractivity contribution in [3.63, 3.8) is 0 Å². The Kier molecular flexibility index (Phi) is 3.48. The molecule has 0 radical (unpaired) electrons. The van der Waals surface area contributed by atoms with E-state index in [2.05, 4.69) is 21.2 Å². The van der Waals surface area contributed by atoms with Crippen LogP contribution in [0.3, 0.4) is 0 Å². The van der Waals surface area contributed by atoms with E-state index in [-0.39, 0.29) is 5.91 Å². The Labute approximate surface area is 124 Å². The molecule has 0 saturated heterocycles. The van der Waals surface area contributed by atoms with Crippen LogP contribution in [0.2, 0.25) is 5.02 Å². The number of nitrogens with one attached hydrogen (secondary N) is 1. The highest BCUT2D eigenvalue weighted by atomic mass is 79.9. The molecule has 1 aliphatic heterocycles. The van der Waals surface area contributed by atoms with E-state index in [1.165, 1.54) is 5.56 Å². The zero-order chi connectivity index (χ0) is 13.4. The third kappa shape index (κ3) is 2.24. The van der Waals surface area contributed by atoms with E-state index in [4.69, 9.17) is 11.6 Å². The van der Waals surface area contributed by atoms with Crippen molar-refractivity contribution in [3.8, 4) is 0 Å². The Morgan fingerprint density at radius 3 is 2.95 bits per heavy atom. The lowest BCUT2D eigenvalue weighted by Gasteiger charge is -2.16. The second-order valence-corrected chi connectivity index (χ2v) is 5.71. The zero-order valence-corrected chi connectivity index (χ0v) is 12.5. The number of carbonyl (C=O) groups excluding carboxylic acids is 1. The molecule has 0 atom stereocenters. The fraction of sp³-hybridized carbons (Fsp3) is 0.214. The smallest absolute Gasteiger partial charge is 0.264 e. The number of rotatable bonds is 1. The van der Waals surface area contributed by atoms with Gasteiger partial charge < -0.3 is 5.32 Å². The molecular weight excluding hydrogens is 328 g/mol. The van der Waals surface area contributed by atoms with Crippen molar-refractivity contribution in [2.45, 2.75) is 13.0 Å². The molecule has 5 heteroatoms. The zero-order valence-electron chi connectivity index (χ0n) is 10.1. The summed E-state index contributed by atoms with van der Waals surface area (Å²) in [7, 11) is 0. The van der Waals surface area contributed by atoms with Crippen molar-refractivity contribution < 1.29 is 4.79 Å². The minimum absolute atomic E-state index is 0.0828. The van der Waals surface area contributed by atoms with Gasteiger partial charge in [-0.05, 0) is 39.7 Å². The SMILES string of the molecule is O=C(c1ccccc1Cl)n1c(Br)cc2c1CCNC2. The Bertz CT molecular complexity index is 651. The molecular formula is C14H12BrClN2O. The predicted molar refractivity (Wildman–Crippen MR) is 78.7 cm³/mol. The second-order valence-electron chi connectivity index (χ2n) is 4.49. The number of hydrogen-bond donors (Lipinski definition) is 1. The number of aromatic nitrogens is 1. The van der Waals surface area contributed by atoms with Gasteiger partial charge in [0.1, 0.15) is 0 Å². The van der Waals surface area contributed by atoms with Gasteiger partial charge >= 0.3 is 0 Å². The molecule has 0 amide bonds. The van der Waals surface area contributed by atoms with Crippen molar-refractivity contribution in [3.05, 3.63) is 56.8 Å². The van der Waals surface area contributed by atoms with Gasteiger partial charge in [0.2, 0.25) is 0 Å². The molecule has 2 heterocycles. The third-order valence-electron chi connectivity index (χ3n) is 3.31. The van der Waals surface area contributed by atoms with Crippen molar-refractivity contribution in [2.75, 3.05) is 6.54 Å². The highest BCUT2D eigenvalue weighted by molar-refractivity contribution is 9.10. The van der Waals surface area contributed by atoms with E-state index < -0.39 is 0 Å². The Hall–Kier alpha value is -1.10. The first-order valence-electron chi connectivity index (χ1n) is 6.07. The summed E-state index contributed by atoms with van der Waals surface area (Å²) in [6.07, 6.45) is 0.844. The minimum atomic E-state index is -0.0828. The van der Waals surface area contributed by atoms with Crippen molar-refractivity contribution >= 4 is 33.4 Å². The van der Waals surface area contributed by atoms with Gasteiger partial charge in [0.15, 0.2) is 0 Å². The molecule has 3 nitrogen and oxygen atoms in total. The number of hydrogen-bond acceptors (Lipinski definition) is 2. The van der Waals surface area contributed by atoms with Gasteiger partial charge in [-0.15, -0.1) is 0 Å². The number of nitrogens with zero attached hydrogens (tertiary/aromatic N) is 1. The van der Waals surface area contributed by atoms with E-state index in [1.807, 2.05) is 18.2 Å². The summed E-state index contributed by atoms with van der Waals surface area (Å²) in [6.45, 7) is 1.69. The first kappa shape index (κ1) is 12.9. The highest BCUT2D eigenvalue weighted by Crippen LogP contribution is 2.26. The molecule has 19 heavy (non-hydrogen) atoms. The lowest BCUT2D eigenvalue weighted by molar-refractivity contribution is 0.0954. The first-order chi connectivity index (χ1) is 9.18. The first-order valence-corrected chi connectivity index (χ1v) is 7.24. The number of benzene rings is 1. The molecule has 1 N–H and O–H groups in total. The standard InChI is InChI=1S/C14H12BrClN2O/c15-13-7-9-8-17-6-5-12(9)18(13)14(19)10-3-1-2-4-11(10)16/h1-4,7,17H,5-6,8H2. The molecule has 0 spiro atoms. The van der Waals surface area contributed by atoms with Crippen LogP contribution in [0.5, 0.6) is 0 Å². The lowest BCUT2D eigenvalue weighted by atomic mass is 10.1. The highest BCUT2D eigenvalue weighted by Gasteiger charge is 2.22. The van der Waals surface area contributed by atoms with Crippen LogP contribution in [0.25, 0.3) is 0 Å². The molecule has 1 aliphatic rings. The molecule has 0 bridgehead atoms. The third-order valence-corrected chi connectivity index (χ3v) is 4.22. The molecule has 1 aromatic carbocycles. The maximum absolute atomic E-state index is 12.6. The molecule has 0 unspecified atom stereocenters. The Balaban J connectivity index is 2.10. The largest absolute Gasteiger partial charge is 0.312 e. The van der Waals surface area contributed by atoms with Crippen LogP contribution in [0.15, 0.2) is 34.9 Å². The minimum Gasteiger partial charge on any atom is -0.312 e. The van der Waals surface area contributed by atoms with E-state index in [9.17, 15) is 4.79 Å². The monoisotopic (exact) mass is 338 g/mol. The number of fused-ring (bicyclic) bond motifs is 1. The van der Waals surface area contributed by atoms with Crippen molar-refractivity contribution in [1.82, 2.24) is 9.88 Å². The predicted octanol–water partition coefficient (Wildman–Crippen LogP) is 3.24. The van der Waals surface area contributed by atoms with E-state index in [0.29, 0.717) is 10.6 Å². The summed E-state index contributed by atoms with van der Waals surface area (Å²) < 4.78 is 2.50. The summed E-state index contributed by atoms with van der Waals surface area (Å²) in [6, 6.07) is 9.13. The van der Waals surface area contributed by atoms with E-state index in [0.717, 1.165) is 29.8 Å². The second kappa shape index (κ2) is 5.12. The van der Waals surface area contributed by atoms with Crippen LogP contribution < -0.4 is 5.32 Å². The van der Waals surface area contributed by atoms with Gasteiger partial charge in [-0.3, -0.25) is 9.36 Å². The summed E-state index contributed by atoms with van der Waals surface area (Å²) in [5.41, 5.74) is 2.76. The van der Waals surface area contributed by atoms with Crippen molar-refractivity contribution in [2.24, 2.45) is 0 Å². The molecule has 0 saturated carbocycles. The molecule has 2 aromatic rings. The number of halogens is 2. The number of carbonyl (C=O) groups is 1. The van der Waals surface area contributed by atoms with Gasteiger partial charge in [0.25, 0.3) is 5.91 Å². The summed E-state index contributed by atoms with van der Waals surface area (Å²) in [5, 5.41) is 3.78. The van der Waals surface area contributed by atoms with E-state index >= 15 is 0 Å². The molecule has 3 rings (SSSR count). The van der Waals surface area contributed by atoms with Crippen LogP contribution in [0, 0.1) is 0 Å². The molecule has 0 fully saturated rings. The normalized spacial score (nSPS) is 14.2. The Morgan fingerprint density at radius 1 is 1.37 bits per heavy atom. The van der Waals surface area contributed by atoms with Crippen LogP contribution in [0.4, 0.5) is 0 Å². The molecule has 0 aliphatic carbocycles. The van der Waals surface area contributed by atoms with Crippen LogP contribution in [-0.2, 0) is 13.0 Å². The summed E-state index contributed by atoms with van der Waals surface area (Å²) >= 11 is 9.58. The fourth-order valence-electron chi connectivity index (χ4n) is 2.39. The summed E-state index contributed by atoms with van der Waals surface area (Å²) in [5.74, 6) is -0.0828. The average molecular weight is 340 g/mol. The van der Waals surface area contributed by atoms with Crippen LogP contribution in [0.1, 0.15) is 21.6 Å².